The highest BCUT2D eigenvalue weighted by atomic mass is 32.2. The molecule has 4 N–H and O–H groups in total. The molecule has 0 radical (unpaired) electrons. The van der Waals surface area contributed by atoms with Crippen LogP contribution in [-0.2, 0) is 11.8 Å². The van der Waals surface area contributed by atoms with E-state index in [1.165, 1.54) is 0 Å². The van der Waals surface area contributed by atoms with Gasteiger partial charge in [0, 0.05) is 55.0 Å². The van der Waals surface area contributed by atoms with E-state index in [1.54, 1.807) is 16.4 Å². The molecule has 28 heavy (non-hydrogen) atoms. The number of hydrogen-bond acceptors (Lipinski definition) is 5. The van der Waals surface area contributed by atoms with Crippen molar-refractivity contribution in [2.45, 2.75) is 13.8 Å². The molecule has 1 heterocycles. The van der Waals surface area contributed by atoms with E-state index in [2.05, 4.69) is 15.7 Å². The summed E-state index contributed by atoms with van der Waals surface area (Å²) in [4.78, 5) is 12.7. The number of carbonyl (C=O) groups excluding carboxylic acids is 1. The van der Waals surface area contributed by atoms with Crippen molar-refractivity contribution in [1.82, 2.24) is 9.78 Å². The van der Waals surface area contributed by atoms with Crippen molar-refractivity contribution in [3.8, 4) is 11.3 Å². The molecule has 0 aliphatic heterocycles. The number of rotatable bonds is 9. The van der Waals surface area contributed by atoms with Crippen molar-refractivity contribution >= 4 is 29.2 Å². The first kappa shape index (κ1) is 21.8. The number of nitrogens with two attached hydrogens (primary N) is 1. The fraction of sp³-hybridized carbons (Fsp3) is 0.333. The summed E-state index contributed by atoms with van der Waals surface area (Å²) in [7, 11) is 3.76. The topological polar surface area (TPSA) is 85.0 Å². The summed E-state index contributed by atoms with van der Waals surface area (Å²) in [5, 5.41) is 10.6. The van der Waals surface area contributed by atoms with Gasteiger partial charge in [-0.25, -0.2) is 0 Å². The second-order valence-electron chi connectivity index (χ2n) is 6.18. The van der Waals surface area contributed by atoms with Crippen LogP contribution in [0.15, 0.2) is 53.6 Å². The van der Waals surface area contributed by atoms with E-state index in [1.807, 2.05) is 70.4 Å². The second-order valence-corrected chi connectivity index (χ2v) is 7.28. The van der Waals surface area contributed by atoms with E-state index in [0.717, 1.165) is 39.8 Å². The Bertz CT molecular complexity index is 852. The highest BCUT2D eigenvalue weighted by molar-refractivity contribution is 7.99. The van der Waals surface area contributed by atoms with Gasteiger partial charge in [0.25, 0.3) is 5.91 Å². The number of aromatic nitrogens is 2. The van der Waals surface area contributed by atoms with Crippen LogP contribution in [0, 0.1) is 0 Å². The van der Waals surface area contributed by atoms with Crippen LogP contribution in [0.3, 0.4) is 0 Å². The molecule has 7 heteroatoms. The number of hydrogen-bond donors (Lipinski definition) is 3. The number of carbonyl (C=O) groups is 1. The number of nitrogens with zero attached hydrogens (tertiary/aromatic N) is 2. The van der Waals surface area contributed by atoms with Gasteiger partial charge >= 0.3 is 0 Å². The minimum Gasteiger partial charge on any atom is -0.373 e. The average molecular weight is 400 g/mol. The van der Waals surface area contributed by atoms with Gasteiger partial charge in [-0.05, 0) is 31.6 Å². The van der Waals surface area contributed by atoms with E-state index in [-0.39, 0.29) is 5.91 Å². The number of anilines is 2. The van der Waals surface area contributed by atoms with Crippen molar-refractivity contribution in [2.24, 2.45) is 12.8 Å². The smallest absolute Gasteiger partial charge is 0.255 e. The molecule has 0 aliphatic rings. The van der Waals surface area contributed by atoms with Crippen LogP contribution in [0.1, 0.15) is 13.8 Å². The van der Waals surface area contributed by atoms with Crippen molar-refractivity contribution in [3.63, 3.8) is 0 Å². The lowest BCUT2D eigenvalue weighted by Gasteiger charge is -2.12. The summed E-state index contributed by atoms with van der Waals surface area (Å²) in [5.41, 5.74) is 9.89. The molecular formula is C21H29N5OS. The Labute approximate surface area is 171 Å². The maximum atomic E-state index is 12.7. The molecule has 150 valence electrons. The molecule has 0 unspecified atom stereocenters. The van der Waals surface area contributed by atoms with Gasteiger partial charge in [-0.2, -0.15) is 16.9 Å². The maximum absolute atomic E-state index is 12.7. The van der Waals surface area contributed by atoms with Crippen LogP contribution >= 0.6 is 11.8 Å². The predicted octanol–water partition coefficient (Wildman–Crippen LogP) is 3.65. The fourth-order valence-electron chi connectivity index (χ4n) is 2.81. The van der Waals surface area contributed by atoms with Gasteiger partial charge in [0.1, 0.15) is 5.82 Å². The molecule has 6 nitrogen and oxygen atoms in total. The maximum Gasteiger partial charge on any atom is 0.255 e. The molecule has 0 saturated heterocycles. The molecule has 1 aromatic carbocycles. The Hall–Kier alpha value is -2.51. The summed E-state index contributed by atoms with van der Waals surface area (Å²) < 4.78 is 1.80. The van der Waals surface area contributed by atoms with Crippen LogP contribution < -0.4 is 16.4 Å². The molecule has 0 bridgehead atoms. The lowest BCUT2D eigenvalue weighted by molar-refractivity contribution is -0.112. The normalized spacial score (nSPS) is 12.2. The van der Waals surface area contributed by atoms with Gasteiger partial charge in [0.15, 0.2) is 0 Å². The first-order valence-electron chi connectivity index (χ1n) is 9.27. The number of thioether (sulfide) groups is 1. The van der Waals surface area contributed by atoms with Gasteiger partial charge < -0.3 is 16.4 Å². The summed E-state index contributed by atoms with van der Waals surface area (Å²) in [6.45, 7) is 4.48. The monoisotopic (exact) mass is 399 g/mol. The summed E-state index contributed by atoms with van der Waals surface area (Å²) in [6.07, 6.45) is 3.84. The van der Waals surface area contributed by atoms with Gasteiger partial charge in [0.05, 0.1) is 5.69 Å². The van der Waals surface area contributed by atoms with E-state index in [4.69, 9.17) is 5.73 Å². The summed E-state index contributed by atoms with van der Waals surface area (Å²) in [5.74, 6) is 2.48. The van der Waals surface area contributed by atoms with Gasteiger partial charge in [-0.3, -0.25) is 9.48 Å². The highest BCUT2D eigenvalue weighted by Crippen LogP contribution is 2.24. The molecule has 0 atom stereocenters. The molecular weight excluding hydrogens is 370 g/mol. The number of aryl methyl sites for hydroxylation is 1. The Morgan fingerprint density at radius 3 is 2.50 bits per heavy atom. The molecule has 2 aromatic rings. The third-order valence-corrected chi connectivity index (χ3v) is 5.36. The molecule has 1 amide bonds. The Kier molecular flexibility index (Phi) is 8.35. The zero-order chi connectivity index (χ0) is 20.5. The highest BCUT2D eigenvalue weighted by Gasteiger charge is 2.14. The molecule has 0 fully saturated rings. The van der Waals surface area contributed by atoms with Crippen LogP contribution in [-0.4, -0.2) is 40.8 Å². The Morgan fingerprint density at radius 1 is 1.25 bits per heavy atom. The van der Waals surface area contributed by atoms with Crippen LogP contribution in [0.4, 0.5) is 11.5 Å². The third kappa shape index (κ3) is 5.50. The first-order chi connectivity index (χ1) is 13.5. The van der Waals surface area contributed by atoms with Crippen molar-refractivity contribution in [3.05, 3.63) is 53.6 Å². The van der Waals surface area contributed by atoms with Gasteiger partial charge in [-0.15, -0.1) is 0 Å². The number of nitrogens with one attached hydrogen (secondary N) is 2. The summed E-state index contributed by atoms with van der Waals surface area (Å²) in [6, 6.07) is 9.70. The van der Waals surface area contributed by atoms with Crippen LogP contribution in [0.25, 0.3) is 11.3 Å². The predicted molar refractivity (Wildman–Crippen MR) is 121 cm³/mol. The lowest BCUT2D eigenvalue weighted by Crippen LogP contribution is -2.17. The molecule has 2 rings (SSSR count). The van der Waals surface area contributed by atoms with Gasteiger partial charge in [-0.1, -0.05) is 24.3 Å². The largest absolute Gasteiger partial charge is 0.373 e. The average Bonchev–Trinajstić information content (AvgIpc) is 3.08. The van der Waals surface area contributed by atoms with Gasteiger partial charge in [0.2, 0.25) is 0 Å². The zero-order valence-corrected chi connectivity index (χ0v) is 17.8. The van der Waals surface area contributed by atoms with Crippen molar-refractivity contribution in [2.75, 3.05) is 35.7 Å². The summed E-state index contributed by atoms with van der Waals surface area (Å²) >= 11 is 1.73. The van der Waals surface area contributed by atoms with Crippen LogP contribution in [0.2, 0.25) is 0 Å². The SMILES string of the molecule is C/C=C(CSCCN)\C(=C/C)C(=O)Nc1ccc(-c2cc(NC)n(C)n2)cc1. The standard InChI is InChI=1S/C21H29N5OS/c1-5-15(14-28-12-11-22)18(6-2)21(27)24-17-9-7-16(8-10-17)19-13-20(23-3)26(4)25-19/h5-10,13,23H,11-12,14,22H2,1-4H3,(H,24,27)/b15-5-,18-6+. The van der Waals surface area contributed by atoms with Crippen LogP contribution in [0.5, 0.6) is 0 Å². The minimum atomic E-state index is -0.105. The number of amides is 1. The minimum absolute atomic E-state index is 0.105. The number of allylic oxidation sites excluding steroid dienone is 2. The lowest BCUT2D eigenvalue weighted by atomic mass is 10.1. The van der Waals surface area contributed by atoms with Crippen molar-refractivity contribution < 1.29 is 4.79 Å². The van der Waals surface area contributed by atoms with E-state index < -0.39 is 0 Å². The van der Waals surface area contributed by atoms with E-state index >= 15 is 0 Å². The quantitative estimate of drug-likeness (QED) is 0.340. The van der Waals surface area contributed by atoms with E-state index in [9.17, 15) is 4.79 Å². The zero-order valence-electron chi connectivity index (χ0n) is 17.0. The number of benzene rings is 1. The third-order valence-electron chi connectivity index (χ3n) is 4.32. The Balaban J connectivity index is 2.08. The molecule has 0 spiro atoms. The van der Waals surface area contributed by atoms with Crippen molar-refractivity contribution in [1.29, 1.82) is 0 Å². The second kappa shape index (κ2) is 10.7. The fourth-order valence-corrected chi connectivity index (χ4v) is 3.66. The Morgan fingerprint density at radius 2 is 1.96 bits per heavy atom. The van der Waals surface area contributed by atoms with E-state index in [0.29, 0.717) is 12.1 Å². The molecule has 1 aromatic heterocycles. The first-order valence-corrected chi connectivity index (χ1v) is 10.4. The molecule has 0 saturated carbocycles. The molecule has 0 aliphatic carbocycles.